The quantitative estimate of drug-likeness (QED) is 0.293. The van der Waals surface area contributed by atoms with Crippen molar-refractivity contribution < 1.29 is 4.74 Å². The van der Waals surface area contributed by atoms with Crippen molar-refractivity contribution in [1.29, 1.82) is 0 Å². The van der Waals surface area contributed by atoms with Crippen molar-refractivity contribution in [3.05, 3.63) is 92.0 Å². The van der Waals surface area contributed by atoms with E-state index in [0.717, 1.165) is 6.61 Å². The number of hydrogen-bond donors (Lipinski definition) is 0. The molecule has 0 atom stereocenters. The molecule has 3 aromatic rings. The van der Waals surface area contributed by atoms with Gasteiger partial charge in [0.25, 0.3) is 0 Å². The molecule has 1 saturated carbocycles. The molecule has 10 rings (SSSR count). The molecule has 2 aliphatic carbocycles. The second-order valence-corrected chi connectivity index (χ2v) is 14.2. The largest absolute Gasteiger partial charge is 0.371 e. The Morgan fingerprint density at radius 2 is 1.12 bits per heavy atom. The summed E-state index contributed by atoms with van der Waals surface area (Å²) in [5.74, 6) is 0. The van der Waals surface area contributed by atoms with E-state index in [1.807, 2.05) is 0 Å². The van der Waals surface area contributed by atoms with Gasteiger partial charge in [-0.15, -0.1) is 0 Å². The summed E-state index contributed by atoms with van der Waals surface area (Å²) in [6.45, 7) is 5.67. The van der Waals surface area contributed by atoms with Crippen LogP contribution in [0.3, 0.4) is 0 Å². The van der Waals surface area contributed by atoms with Gasteiger partial charge >= 0.3 is 0 Å². The SMILES string of the molecule is c1ccc2c(c1)COC21c2cc3c4c(c2C2(CCCCC2)c2c1cc1c5c2CCCN5CCC1)CCCN4CCC3. The highest BCUT2D eigenvalue weighted by Crippen LogP contribution is 2.64. The zero-order chi connectivity index (χ0) is 26.8. The number of hydrogen-bond acceptors (Lipinski definition) is 3. The zero-order valence-electron chi connectivity index (χ0n) is 24.5. The van der Waals surface area contributed by atoms with Crippen LogP contribution in [-0.2, 0) is 48.0 Å². The molecule has 3 aromatic carbocycles. The summed E-state index contributed by atoms with van der Waals surface area (Å²) in [6.07, 6.45) is 16.8. The maximum atomic E-state index is 7.38. The van der Waals surface area contributed by atoms with E-state index in [1.54, 1.807) is 55.9 Å². The fraction of sp³-hybridized carbons (Fsp3) is 0.526. The third-order valence-electron chi connectivity index (χ3n) is 12.3. The van der Waals surface area contributed by atoms with E-state index in [1.165, 1.54) is 121 Å². The Bertz CT molecular complexity index is 1520. The molecule has 0 unspecified atom stereocenters. The lowest BCUT2D eigenvalue weighted by molar-refractivity contribution is 0.0199. The smallest absolute Gasteiger partial charge is 0.145 e. The minimum absolute atomic E-state index is 0.130. The summed E-state index contributed by atoms with van der Waals surface area (Å²) in [4.78, 5) is 5.55. The van der Waals surface area contributed by atoms with E-state index in [-0.39, 0.29) is 5.41 Å². The molecule has 0 aromatic heterocycles. The molecule has 0 N–H and O–H groups in total. The van der Waals surface area contributed by atoms with Gasteiger partial charge in [-0.05, 0) is 132 Å². The first-order valence-electron chi connectivity index (χ1n) is 16.9. The van der Waals surface area contributed by atoms with E-state index in [9.17, 15) is 0 Å². The number of anilines is 2. The van der Waals surface area contributed by atoms with E-state index < -0.39 is 5.60 Å². The first-order chi connectivity index (χ1) is 20.3. The minimum atomic E-state index is -0.472. The number of fused-ring (bicyclic) bond motifs is 10. The van der Waals surface area contributed by atoms with Crippen LogP contribution in [0.25, 0.3) is 0 Å². The summed E-state index contributed by atoms with van der Waals surface area (Å²) in [5.41, 5.74) is 19.0. The molecule has 0 amide bonds. The fourth-order valence-electron chi connectivity index (χ4n) is 11.0. The predicted molar refractivity (Wildman–Crippen MR) is 166 cm³/mol. The van der Waals surface area contributed by atoms with Gasteiger partial charge in [0.2, 0.25) is 0 Å². The Labute approximate surface area is 244 Å². The van der Waals surface area contributed by atoms with Crippen LogP contribution in [0.2, 0.25) is 0 Å². The van der Waals surface area contributed by atoms with Gasteiger partial charge in [0, 0.05) is 43.0 Å². The van der Waals surface area contributed by atoms with Crippen molar-refractivity contribution in [2.75, 3.05) is 36.0 Å². The lowest BCUT2D eigenvalue weighted by Gasteiger charge is -2.54. The molecule has 1 fully saturated rings. The van der Waals surface area contributed by atoms with Gasteiger partial charge in [-0.3, -0.25) is 0 Å². The third kappa shape index (κ3) is 2.90. The molecule has 7 aliphatic rings. The highest BCUT2D eigenvalue weighted by Gasteiger charge is 2.58. The van der Waals surface area contributed by atoms with Gasteiger partial charge in [-0.1, -0.05) is 43.5 Å². The Balaban J connectivity index is 1.39. The van der Waals surface area contributed by atoms with Gasteiger partial charge in [0.05, 0.1) is 6.61 Å². The molecule has 210 valence electrons. The second-order valence-electron chi connectivity index (χ2n) is 14.2. The standard InChI is InChI=1S/C38H42N2O/c1-4-16-37(17-5-1)33-28-13-8-20-39-18-6-11-25(35(28)39)22-31(33)38(30-15-3-2-10-27(30)24-41-38)32-23-26-12-7-19-40-21-9-14-29(34(32)37)36(26)40/h2-3,10,15,22-23H,1,4-9,11-14,16-21,24H2. The fourth-order valence-corrected chi connectivity index (χ4v) is 11.0. The number of rotatable bonds is 0. The van der Waals surface area contributed by atoms with Crippen molar-refractivity contribution >= 4 is 11.4 Å². The molecule has 41 heavy (non-hydrogen) atoms. The number of aryl methyl sites for hydroxylation is 2. The normalized spacial score (nSPS) is 24.0. The highest BCUT2D eigenvalue weighted by molar-refractivity contribution is 5.79. The molecule has 5 aliphatic heterocycles. The van der Waals surface area contributed by atoms with E-state index >= 15 is 0 Å². The van der Waals surface area contributed by atoms with Crippen molar-refractivity contribution in [1.82, 2.24) is 0 Å². The van der Waals surface area contributed by atoms with Crippen LogP contribution in [-0.4, -0.2) is 26.2 Å². The average Bonchev–Trinajstić information content (AvgIpc) is 3.41. The van der Waals surface area contributed by atoms with Crippen LogP contribution in [0.1, 0.15) is 113 Å². The van der Waals surface area contributed by atoms with E-state index in [0.29, 0.717) is 0 Å². The lowest BCUT2D eigenvalue weighted by Crippen LogP contribution is -2.49. The van der Waals surface area contributed by atoms with E-state index in [2.05, 4.69) is 46.2 Å². The molecule has 3 heteroatoms. The number of benzene rings is 3. The second kappa shape index (κ2) is 8.40. The summed E-state index contributed by atoms with van der Waals surface area (Å²) in [6, 6.07) is 14.6. The van der Waals surface area contributed by atoms with Crippen molar-refractivity contribution in [2.24, 2.45) is 0 Å². The Morgan fingerprint density at radius 3 is 1.73 bits per heavy atom. The Morgan fingerprint density at radius 1 is 0.561 bits per heavy atom. The maximum absolute atomic E-state index is 7.38. The molecule has 0 saturated heterocycles. The van der Waals surface area contributed by atoms with Crippen LogP contribution in [0.15, 0.2) is 36.4 Å². The molecule has 5 heterocycles. The summed E-state index contributed by atoms with van der Waals surface area (Å²) in [7, 11) is 0. The summed E-state index contributed by atoms with van der Waals surface area (Å²) in [5, 5.41) is 0. The number of nitrogens with zero attached hydrogens (tertiary/aromatic N) is 2. The van der Waals surface area contributed by atoms with Crippen LogP contribution < -0.4 is 9.80 Å². The predicted octanol–water partition coefficient (Wildman–Crippen LogP) is 7.47. The van der Waals surface area contributed by atoms with Crippen LogP contribution in [0, 0.1) is 0 Å². The molecular formula is C38H42N2O. The van der Waals surface area contributed by atoms with Gasteiger partial charge in [-0.2, -0.15) is 0 Å². The lowest BCUT2D eigenvalue weighted by atomic mass is 9.52. The van der Waals surface area contributed by atoms with Gasteiger partial charge in [0.15, 0.2) is 0 Å². The topological polar surface area (TPSA) is 15.7 Å². The summed E-state index contributed by atoms with van der Waals surface area (Å²) < 4.78 is 7.38. The summed E-state index contributed by atoms with van der Waals surface area (Å²) >= 11 is 0. The molecule has 0 bridgehead atoms. The molecule has 0 radical (unpaired) electrons. The average molecular weight is 543 g/mol. The minimum Gasteiger partial charge on any atom is -0.371 e. The van der Waals surface area contributed by atoms with Crippen LogP contribution in [0.5, 0.6) is 0 Å². The highest BCUT2D eigenvalue weighted by atomic mass is 16.5. The first-order valence-corrected chi connectivity index (χ1v) is 16.9. The van der Waals surface area contributed by atoms with Gasteiger partial charge in [0.1, 0.15) is 5.60 Å². The first kappa shape index (κ1) is 23.7. The third-order valence-corrected chi connectivity index (χ3v) is 12.3. The van der Waals surface area contributed by atoms with Gasteiger partial charge < -0.3 is 14.5 Å². The molecule has 2 spiro atoms. The Kier molecular flexibility index (Phi) is 4.87. The molecule has 3 nitrogen and oxygen atoms in total. The van der Waals surface area contributed by atoms with Crippen molar-refractivity contribution in [2.45, 2.75) is 101 Å². The monoisotopic (exact) mass is 542 g/mol. The molecular weight excluding hydrogens is 500 g/mol. The van der Waals surface area contributed by atoms with Crippen LogP contribution in [0.4, 0.5) is 11.4 Å². The van der Waals surface area contributed by atoms with Crippen molar-refractivity contribution in [3.63, 3.8) is 0 Å². The maximum Gasteiger partial charge on any atom is 0.145 e. The van der Waals surface area contributed by atoms with Gasteiger partial charge in [-0.25, -0.2) is 0 Å². The zero-order valence-corrected chi connectivity index (χ0v) is 24.5. The Hall–Kier alpha value is -2.78. The van der Waals surface area contributed by atoms with E-state index in [4.69, 9.17) is 4.74 Å². The number of ether oxygens (including phenoxy) is 1. The van der Waals surface area contributed by atoms with Crippen LogP contribution >= 0.6 is 0 Å². The van der Waals surface area contributed by atoms with Crippen molar-refractivity contribution in [3.8, 4) is 0 Å².